The van der Waals surface area contributed by atoms with Crippen LogP contribution in [0, 0.1) is 12.7 Å². The van der Waals surface area contributed by atoms with E-state index < -0.39 is 5.82 Å². The molecule has 0 unspecified atom stereocenters. The molecule has 0 radical (unpaired) electrons. The van der Waals surface area contributed by atoms with E-state index in [0.29, 0.717) is 5.16 Å². The minimum Gasteiger partial charge on any atom is -0.497 e. The minimum atomic E-state index is -0.454. The Labute approximate surface area is 154 Å². The summed E-state index contributed by atoms with van der Waals surface area (Å²) in [6.07, 6.45) is 1.57. The summed E-state index contributed by atoms with van der Waals surface area (Å²) in [5, 5.41) is 11.1. The summed E-state index contributed by atoms with van der Waals surface area (Å²) in [4.78, 5) is 12.1. The molecule has 0 saturated heterocycles. The highest BCUT2D eigenvalue weighted by molar-refractivity contribution is 7.99. The van der Waals surface area contributed by atoms with Crippen molar-refractivity contribution in [1.29, 1.82) is 0 Å². The number of hydrogen-bond acceptors (Lipinski definition) is 5. The molecule has 3 aromatic rings. The predicted molar refractivity (Wildman–Crippen MR) is 98.4 cm³/mol. The van der Waals surface area contributed by atoms with Crippen LogP contribution < -0.4 is 10.1 Å². The average molecular weight is 372 g/mol. The maximum absolute atomic E-state index is 13.8. The molecule has 0 atom stereocenters. The van der Waals surface area contributed by atoms with Gasteiger partial charge < -0.3 is 10.1 Å². The first-order chi connectivity index (χ1) is 12.6. The van der Waals surface area contributed by atoms with Crippen LogP contribution in [0.3, 0.4) is 0 Å². The number of hydrogen-bond donors (Lipinski definition) is 1. The van der Waals surface area contributed by atoms with Gasteiger partial charge in [0.15, 0.2) is 5.16 Å². The molecule has 3 rings (SSSR count). The maximum Gasteiger partial charge on any atom is 0.234 e. The maximum atomic E-state index is 13.8. The van der Waals surface area contributed by atoms with E-state index in [9.17, 15) is 9.18 Å². The van der Waals surface area contributed by atoms with Gasteiger partial charge >= 0.3 is 0 Å². The molecule has 1 heterocycles. The molecule has 1 N–H and O–H groups in total. The number of carbonyl (C=O) groups excluding carboxylic acids is 1. The lowest BCUT2D eigenvalue weighted by molar-refractivity contribution is -0.113. The van der Waals surface area contributed by atoms with Crippen molar-refractivity contribution >= 4 is 23.4 Å². The first-order valence-electron chi connectivity index (χ1n) is 7.80. The Morgan fingerprint density at radius 2 is 2.04 bits per heavy atom. The van der Waals surface area contributed by atoms with Crippen LogP contribution in [0.1, 0.15) is 5.56 Å². The molecule has 0 spiro atoms. The zero-order valence-corrected chi connectivity index (χ0v) is 15.1. The van der Waals surface area contributed by atoms with Crippen LogP contribution in [0.25, 0.3) is 5.69 Å². The highest BCUT2D eigenvalue weighted by Gasteiger charge is 2.12. The fourth-order valence-corrected chi connectivity index (χ4v) is 3.01. The molecular weight excluding hydrogens is 355 g/mol. The third-order valence-electron chi connectivity index (χ3n) is 3.60. The molecule has 0 saturated carbocycles. The van der Waals surface area contributed by atoms with Gasteiger partial charge in [0.1, 0.15) is 17.9 Å². The lowest BCUT2D eigenvalue weighted by Gasteiger charge is -2.08. The normalized spacial score (nSPS) is 10.6. The summed E-state index contributed by atoms with van der Waals surface area (Å²) >= 11 is 1.22. The van der Waals surface area contributed by atoms with Gasteiger partial charge in [-0.15, -0.1) is 10.2 Å². The lowest BCUT2D eigenvalue weighted by Crippen LogP contribution is -2.15. The van der Waals surface area contributed by atoms with E-state index in [1.807, 2.05) is 24.3 Å². The average Bonchev–Trinajstić information content (AvgIpc) is 3.11. The zero-order valence-electron chi connectivity index (χ0n) is 14.3. The van der Waals surface area contributed by atoms with Gasteiger partial charge in [-0.2, -0.15) is 0 Å². The van der Waals surface area contributed by atoms with Crippen molar-refractivity contribution in [2.45, 2.75) is 12.1 Å². The van der Waals surface area contributed by atoms with Crippen LogP contribution in [0.15, 0.2) is 53.9 Å². The third kappa shape index (κ3) is 4.20. The second-order valence-electron chi connectivity index (χ2n) is 5.50. The number of aryl methyl sites for hydroxylation is 1. The number of halogens is 1. The van der Waals surface area contributed by atoms with Crippen molar-refractivity contribution in [3.05, 3.63) is 60.2 Å². The minimum absolute atomic E-state index is 0.0855. The van der Waals surface area contributed by atoms with Crippen LogP contribution in [0.4, 0.5) is 10.1 Å². The number of anilines is 1. The lowest BCUT2D eigenvalue weighted by atomic mass is 10.2. The van der Waals surface area contributed by atoms with E-state index in [4.69, 9.17) is 4.74 Å². The molecule has 0 bridgehead atoms. The van der Waals surface area contributed by atoms with Gasteiger partial charge in [0.2, 0.25) is 5.91 Å². The molecule has 0 fully saturated rings. The summed E-state index contributed by atoms with van der Waals surface area (Å²) in [6, 6.07) is 12.1. The summed E-state index contributed by atoms with van der Waals surface area (Å²) < 4.78 is 20.7. The van der Waals surface area contributed by atoms with E-state index in [1.54, 1.807) is 37.1 Å². The van der Waals surface area contributed by atoms with E-state index in [-0.39, 0.29) is 17.3 Å². The number of benzene rings is 2. The SMILES string of the molecule is COc1ccc(-n2cnnc2SCC(=O)Nc2ccc(C)cc2F)cc1. The Hall–Kier alpha value is -2.87. The number of carbonyl (C=O) groups is 1. The van der Waals surface area contributed by atoms with E-state index in [2.05, 4.69) is 15.5 Å². The first-order valence-corrected chi connectivity index (χ1v) is 8.78. The van der Waals surface area contributed by atoms with Gasteiger partial charge in [0.25, 0.3) is 0 Å². The fraction of sp³-hybridized carbons (Fsp3) is 0.167. The monoisotopic (exact) mass is 372 g/mol. The molecule has 6 nitrogen and oxygen atoms in total. The number of nitrogens with one attached hydrogen (secondary N) is 1. The van der Waals surface area contributed by atoms with Gasteiger partial charge in [-0.3, -0.25) is 9.36 Å². The van der Waals surface area contributed by atoms with Crippen molar-refractivity contribution in [2.75, 3.05) is 18.2 Å². The number of rotatable bonds is 6. The second kappa shape index (κ2) is 8.01. The van der Waals surface area contributed by atoms with Gasteiger partial charge in [-0.25, -0.2) is 4.39 Å². The number of amides is 1. The Balaban J connectivity index is 1.64. The number of methoxy groups -OCH3 is 1. The second-order valence-corrected chi connectivity index (χ2v) is 6.44. The van der Waals surface area contributed by atoms with Crippen molar-refractivity contribution < 1.29 is 13.9 Å². The standard InChI is InChI=1S/C18H17FN4O2S/c1-12-3-8-16(15(19)9-12)21-17(24)10-26-18-22-20-11-23(18)13-4-6-14(25-2)7-5-13/h3-9,11H,10H2,1-2H3,(H,21,24). The Morgan fingerprint density at radius 1 is 1.27 bits per heavy atom. The number of thioether (sulfide) groups is 1. The molecule has 134 valence electrons. The summed E-state index contributed by atoms with van der Waals surface area (Å²) in [5.41, 5.74) is 1.81. The van der Waals surface area contributed by atoms with Crippen LogP contribution in [-0.2, 0) is 4.79 Å². The molecule has 2 aromatic carbocycles. The Kier molecular flexibility index (Phi) is 5.52. The summed E-state index contributed by atoms with van der Waals surface area (Å²) in [7, 11) is 1.60. The van der Waals surface area contributed by atoms with Gasteiger partial charge in [0, 0.05) is 5.69 Å². The fourth-order valence-electron chi connectivity index (χ4n) is 2.28. The van der Waals surface area contributed by atoms with Crippen molar-refractivity contribution in [2.24, 2.45) is 0 Å². The predicted octanol–water partition coefficient (Wildman–Crippen LogP) is 3.45. The molecule has 0 aliphatic carbocycles. The smallest absolute Gasteiger partial charge is 0.234 e. The highest BCUT2D eigenvalue weighted by Crippen LogP contribution is 2.22. The quantitative estimate of drug-likeness (QED) is 0.671. The molecular formula is C18H17FN4O2S. The van der Waals surface area contributed by atoms with Crippen molar-refractivity contribution in [1.82, 2.24) is 14.8 Å². The van der Waals surface area contributed by atoms with Gasteiger partial charge in [-0.05, 0) is 48.9 Å². The summed E-state index contributed by atoms with van der Waals surface area (Å²) in [5.74, 6) is 0.0598. The zero-order chi connectivity index (χ0) is 18.5. The molecule has 1 amide bonds. The van der Waals surface area contributed by atoms with Crippen LogP contribution >= 0.6 is 11.8 Å². The van der Waals surface area contributed by atoms with Crippen LogP contribution in [-0.4, -0.2) is 33.5 Å². The van der Waals surface area contributed by atoms with Gasteiger partial charge in [0.05, 0.1) is 18.6 Å². The molecule has 0 aliphatic heterocycles. The largest absolute Gasteiger partial charge is 0.497 e. The number of ether oxygens (including phenoxy) is 1. The Morgan fingerprint density at radius 3 is 2.73 bits per heavy atom. The summed E-state index contributed by atoms with van der Waals surface area (Å²) in [6.45, 7) is 1.79. The third-order valence-corrected chi connectivity index (χ3v) is 4.54. The van der Waals surface area contributed by atoms with E-state index in [1.165, 1.54) is 17.8 Å². The van der Waals surface area contributed by atoms with E-state index >= 15 is 0 Å². The topological polar surface area (TPSA) is 69.0 Å². The van der Waals surface area contributed by atoms with Crippen molar-refractivity contribution in [3.8, 4) is 11.4 Å². The number of nitrogens with zero attached hydrogens (tertiary/aromatic N) is 3. The van der Waals surface area contributed by atoms with E-state index in [0.717, 1.165) is 17.0 Å². The van der Waals surface area contributed by atoms with Crippen LogP contribution in [0.2, 0.25) is 0 Å². The first kappa shape index (κ1) is 17.9. The molecule has 26 heavy (non-hydrogen) atoms. The van der Waals surface area contributed by atoms with Crippen molar-refractivity contribution in [3.63, 3.8) is 0 Å². The van der Waals surface area contributed by atoms with Crippen LogP contribution in [0.5, 0.6) is 5.75 Å². The number of aromatic nitrogens is 3. The Bertz CT molecular complexity index is 912. The highest BCUT2D eigenvalue weighted by atomic mass is 32.2. The molecule has 8 heteroatoms. The molecule has 1 aromatic heterocycles. The van der Waals surface area contributed by atoms with Gasteiger partial charge in [-0.1, -0.05) is 17.8 Å². The molecule has 0 aliphatic rings.